The van der Waals surface area contributed by atoms with Crippen LogP contribution in [0.25, 0.3) is 0 Å². The second kappa shape index (κ2) is 8.45. The van der Waals surface area contributed by atoms with Crippen molar-refractivity contribution < 1.29 is 0 Å². The Morgan fingerprint density at radius 3 is 2.45 bits per heavy atom. The van der Waals surface area contributed by atoms with Crippen LogP contribution in [0.3, 0.4) is 0 Å². The number of nitrogens with one attached hydrogen (secondary N) is 2. The molecule has 2 N–H and O–H groups in total. The van der Waals surface area contributed by atoms with E-state index in [0.717, 1.165) is 29.1 Å². The summed E-state index contributed by atoms with van der Waals surface area (Å²) in [5, 5.41) is 6.92. The molecule has 4 nitrogen and oxygen atoms in total. The lowest BCUT2D eigenvalue weighted by Crippen LogP contribution is -2.22. The molecule has 1 saturated carbocycles. The first-order valence-corrected chi connectivity index (χ1v) is 8.61. The minimum absolute atomic E-state index is 0.542. The Hall–Kier alpha value is -0.840. The quantitative estimate of drug-likeness (QED) is 0.823. The van der Waals surface area contributed by atoms with Crippen molar-refractivity contribution in [2.24, 2.45) is 0 Å². The SMILES string of the molecule is CCCNc1ncnc(NC2CCCCCCC2)c1Br. The highest BCUT2D eigenvalue weighted by Gasteiger charge is 2.15. The van der Waals surface area contributed by atoms with E-state index in [-0.39, 0.29) is 0 Å². The van der Waals surface area contributed by atoms with Gasteiger partial charge in [-0.2, -0.15) is 0 Å². The van der Waals surface area contributed by atoms with Crippen molar-refractivity contribution in [3.63, 3.8) is 0 Å². The van der Waals surface area contributed by atoms with Crippen LogP contribution in [-0.4, -0.2) is 22.6 Å². The highest BCUT2D eigenvalue weighted by Crippen LogP contribution is 2.28. The second-order valence-electron chi connectivity index (χ2n) is 5.50. The van der Waals surface area contributed by atoms with E-state index >= 15 is 0 Å². The predicted octanol–water partition coefficient (Wildman–Crippen LogP) is 4.59. The van der Waals surface area contributed by atoms with E-state index in [0.29, 0.717) is 6.04 Å². The number of rotatable bonds is 5. The Kier molecular flexibility index (Phi) is 6.57. The molecule has 1 aliphatic rings. The molecule has 0 bridgehead atoms. The molecule has 0 spiro atoms. The number of hydrogen-bond acceptors (Lipinski definition) is 4. The van der Waals surface area contributed by atoms with Crippen LogP contribution in [0, 0.1) is 0 Å². The Bertz CT molecular complexity index is 403. The Balaban J connectivity index is 2.00. The number of nitrogens with zero attached hydrogens (tertiary/aromatic N) is 2. The normalized spacial score (nSPS) is 17.3. The van der Waals surface area contributed by atoms with Gasteiger partial charge in [0, 0.05) is 12.6 Å². The van der Waals surface area contributed by atoms with Crippen LogP contribution in [0.15, 0.2) is 10.8 Å². The van der Waals surface area contributed by atoms with Gasteiger partial charge in [-0.15, -0.1) is 0 Å². The van der Waals surface area contributed by atoms with Gasteiger partial charge in [-0.3, -0.25) is 0 Å². The van der Waals surface area contributed by atoms with Gasteiger partial charge in [0.1, 0.15) is 22.4 Å². The van der Waals surface area contributed by atoms with Crippen molar-refractivity contribution >= 4 is 27.6 Å². The molecule has 0 aliphatic heterocycles. The zero-order valence-electron chi connectivity index (χ0n) is 12.3. The topological polar surface area (TPSA) is 49.8 Å². The highest BCUT2D eigenvalue weighted by molar-refractivity contribution is 9.10. The fourth-order valence-electron chi connectivity index (χ4n) is 2.63. The molecular formula is C15H25BrN4. The summed E-state index contributed by atoms with van der Waals surface area (Å²) in [6.45, 7) is 3.08. The van der Waals surface area contributed by atoms with Gasteiger partial charge in [0.25, 0.3) is 0 Å². The van der Waals surface area contributed by atoms with E-state index in [2.05, 4.69) is 43.5 Å². The molecule has 1 aliphatic carbocycles. The minimum Gasteiger partial charge on any atom is -0.369 e. The summed E-state index contributed by atoms with van der Waals surface area (Å²) in [6.07, 6.45) is 12.0. The van der Waals surface area contributed by atoms with E-state index in [1.807, 2.05) is 0 Å². The number of halogens is 1. The molecule has 0 unspecified atom stereocenters. The van der Waals surface area contributed by atoms with Gasteiger partial charge in [0.05, 0.1) is 0 Å². The average Bonchev–Trinajstić information content (AvgIpc) is 2.42. The minimum atomic E-state index is 0.542. The van der Waals surface area contributed by atoms with E-state index < -0.39 is 0 Å². The zero-order chi connectivity index (χ0) is 14.2. The molecule has 20 heavy (non-hydrogen) atoms. The van der Waals surface area contributed by atoms with Crippen LogP contribution in [0.2, 0.25) is 0 Å². The molecule has 0 atom stereocenters. The van der Waals surface area contributed by atoms with Crippen LogP contribution in [0.5, 0.6) is 0 Å². The third-order valence-electron chi connectivity index (χ3n) is 3.78. The Morgan fingerprint density at radius 2 is 1.75 bits per heavy atom. The van der Waals surface area contributed by atoms with Crippen LogP contribution in [0.1, 0.15) is 58.3 Å². The van der Waals surface area contributed by atoms with Crippen molar-refractivity contribution in [3.05, 3.63) is 10.8 Å². The number of anilines is 2. The number of hydrogen-bond donors (Lipinski definition) is 2. The lowest BCUT2D eigenvalue weighted by molar-refractivity contribution is 0.470. The van der Waals surface area contributed by atoms with Crippen molar-refractivity contribution in [3.8, 4) is 0 Å². The summed E-state index contributed by atoms with van der Waals surface area (Å²) in [6, 6.07) is 0.542. The van der Waals surface area contributed by atoms with Crippen LogP contribution < -0.4 is 10.6 Å². The lowest BCUT2D eigenvalue weighted by atomic mass is 9.97. The molecule has 112 valence electrons. The Labute approximate surface area is 130 Å². The van der Waals surface area contributed by atoms with Crippen LogP contribution in [-0.2, 0) is 0 Å². The maximum Gasteiger partial charge on any atom is 0.146 e. The summed E-state index contributed by atoms with van der Waals surface area (Å²) in [5.41, 5.74) is 0. The third kappa shape index (κ3) is 4.62. The lowest BCUT2D eigenvalue weighted by Gasteiger charge is -2.22. The van der Waals surface area contributed by atoms with Gasteiger partial charge >= 0.3 is 0 Å². The van der Waals surface area contributed by atoms with Crippen molar-refractivity contribution in [2.45, 2.75) is 64.3 Å². The Morgan fingerprint density at radius 1 is 1.10 bits per heavy atom. The first-order chi connectivity index (χ1) is 9.81. The van der Waals surface area contributed by atoms with Gasteiger partial charge < -0.3 is 10.6 Å². The van der Waals surface area contributed by atoms with Crippen LogP contribution in [0.4, 0.5) is 11.6 Å². The van der Waals surface area contributed by atoms with Crippen molar-refractivity contribution in [2.75, 3.05) is 17.2 Å². The standard InChI is InChI=1S/C15H25BrN4/c1-2-10-17-14-13(16)15(19-11-18-14)20-12-8-6-4-3-5-7-9-12/h11-12H,2-10H2,1H3,(H2,17,18,19,20). The molecule has 0 amide bonds. The fourth-order valence-corrected chi connectivity index (χ4v) is 3.09. The molecular weight excluding hydrogens is 316 g/mol. The molecule has 2 rings (SSSR count). The van der Waals surface area contributed by atoms with Crippen molar-refractivity contribution in [1.29, 1.82) is 0 Å². The van der Waals surface area contributed by atoms with Crippen molar-refractivity contribution in [1.82, 2.24) is 9.97 Å². The summed E-state index contributed by atoms with van der Waals surface area (Å²) < 4.78 is 0.954. The smallest absolute Gasteiger partial charge is 0.146 e. The van der Waals surface area contributed by atoms with Gasteiger partial charge in [-0.25, -0.2) is 9.97 Å². The van der Waals surface area contributed by atoms with E-state index in [1.165, 1.54) is 44.9 Å². The fraction of sp³-hybridized carbons (Fsp3) is 0.733. The van der Waals surface area contributed by atoms with Gasteiger partial charge in [0.15, 0.2) is 0 Å². The number of aromatic nitrogens is 2. The van der Waals surface area contributed by atoms with Gasteiger partial charge in [-0.1, -0.05) is 39.0 Å². The summed E-state index contributed by atoms with van der Waals surface area (Å²) >= 11 is 3.62. The van der Waals surface area contributed by atoms with Gasteiger partial charge in [0.2, 0.25) is 0 Å². The van der Waals surface area contributed by atoms with Gasteiger partial charge in [-0.05, 0) is 35.2 Å². The largest absolute Gasteiger partial charge is 0.369 e. The molecule has 1 fully saturated rings. The van der Waals surface area contributed by atoms with Crippen LogP contribution >= 0.6 is 15.9 Å². The molecule has 1 heterocycles. The van der Waals surface area contributed by atoms with E-state index in [9.17, 15) is 0 Å². The summed E-state index contributed by atoms with van der Waals surface area (Å²) in [4.78, 5) is 8.68. The predicted molar refractivity (Wildman–Crippen MR) is 88.2 cm³/mol. The molecule has 0 aromatic carbocycles. The van der Waals surface area contributed by atoms with E-state index in [1.54, 1.807) is 6.33 Å². The second-order valence-corrected chi connectivity index (χ2v) is 6.29. The third-order valence-corrected chi connectivity index (χ3v) is 4.53. The zero-order valence-corrected chi connectivity index (χ0v) is 13.9. The monoisotopic (exact) mass is 340 g/mol. The first-order valence-electron chi connectivity index (χ1n) is 7.82. The summed E-state index contributed by atoms with van der Waals surface area (Å²) in [5.74, 6) is 1.80. The average molecular weight is 341 g/mol. The maximum absolute atomic E-state index is 4.39. The first kappa shape index (κ1) is 15.5. The summed E-state index contributed by atoms with van der Waals surface area (Å²) in [7, 11) is 0. The highest BCUT2D eigenvalue weighted by atomic mass is 79.9. The molecule has 0 saturated heterocycles. The van der Waals surface area contributed by atoms with E-state index in [4.69, 9.17) is 0 Å². The molecule has 1 aromatic heterocycles. The molecule has 5 heteroatoms. The molecule has 0 radical (unpaired) electrons. The molecule has 1 aromatic rings. The maximum atomic E-state index is 4.39.